The monoisotopic (exact) mass is 374 g/mol. The van der Waals surface area contributed by atoms with E-state index in [1.54, 1.807) is 21.6 Å². The van der Waals surface area contributed by atoms with Crippen LogP contribution < -0.4 is 5.32 Å². The molecule has 9 heteroatoms. The maximum absolute atomic E-state index is 11.6. The molecule has 134 valence electrons. The third-order valence-electron chi connectivity index (χ3n) is 3.13. The van der Waals surface area contributed by atoms with Crippen LogP contribution in [0.25, 0.3) is 0 Å². The highest BCUT2D eigenvalue weighted by Gasteiger charge is 2.22. The second kappa shape index (κ2) is 12.9. The summed E-state index contributed by atoms with van der Waals surface area (Å²) in [7, 11) is 3.22. The molecule has 0 radical (unpaired) electrons. The summed E-state index contributed by atoms with van der Waals surface area (Å²) in [6.07, 6.45) is 5.25. The summed E-state index contributed by atoms with van der Waals surface area (Å²) in [6, 6.07) is 0. The third kappa shape index (κ3) is 8.97. The van der Waals surface area contributed by atoms with E-state index < -0.39 is 0 Å². The van der Waals surface area contributed by atoms with Crippen LogP contribution in [0.4, 0.5) is 0 Å². The normalized spacial score (nSPS) is 13.4. The number of rotatable bonds is 14. The highest BCUT2D eigenvalue weighted by molar-refractivity contribution is 8.76. The number of unbranched alkanes of at least 4 members (excludes halogenated alkanes) is 2. The molecule has 0 atom stereocenters. The van der Waals surface area contributed by atoms with Gasteiger partial charge in [0.15, 0.2) is 0 Å². The van der Waals surface area contributed by atoms with E-state index in [2.05, 4.69) is 10.1 Å². The van der Waals surface area contributed by atoms with E-state index in [0.717, 1.165) is 24.3 Å². The SMILES string of the molecule is O=COCCSSCCNC(=O)CCCCCN1C(=O)C=CC1=O. The average Bonchev–Trinajstić information content (AvgIpc) is 2.88. The van der Waals surface area contributed by atoms with Gasteiger partial charge >= 0.3 is 0 Å². The van der Waals surface area contributed by atoms with Crippen molar-refractivity contribution in [3.05, 3.63) is 12.2 Å². The Bertz CT molecular complexity index is 453. The molecular weight excluding hydrogens is 352 g/mol. The van der Waals surface area contributed by atoms with Crippen LogP contribution in [0.5, 0.6) is 0 Å². The molecular formula is C15H22N2O5S2. The van der Waals surface area contributed by atoms with Crippen molar-refractivity contribution >= 4 is 45.8 Å². The second-order valence-electron chi connectivity index (χ2n) is 4.93. The van der Waals surface area contributed by atoms with E-state index in [0.29, 0.717) is 39.0 Å². The first kappa shape index (κ1) is 20.6. The molecule has 1 aliphatic heterocycles. The molecule has 0 aliphatic carbocycles. The highest BCUT2D eigenvalue weighted by Crippen LogP contribution is 2.19. The van der Waals surface area contributed by atoms with Gasteiger partial charge in [-0.25, -0.2) is 0 Å². The van der Waals surface area contributed by atoms with Crippen molar-refractivity contribution < 1.29 is 23.9 Å². The molecule has 1 N–H and O–H groups in total. The van der Waals surface area contributed by atoms with Crippen molar-refractivity contribution in [2.45, 2.75) is 25.7 Å². The number of nitrogens with zero attached hydrogens (tertiary/aromatic N) is 1. The van der Waals surface area contributed by atoms with Gasteiger partial charge in [-0.1, -0.05) is 28.0 Å². The Labute approximate surface area is 149 Å². The summed E-state index contributed by atoms with van der Waals surface area (Å²) < 4.78 is 4.56. The summed E-state index contributed by atoms with van der Waals surface area (Å²) >= 11 is 0. The Morgan fingerprint density at radius 3 is 2.54 bits per heavy atom. The fourth-order valence-corrected chi connectivity index (χ4v) is 3.70. The predicted octanol–water partition coefficient (Wildman–Crippen LogP) is 1.14. The van der Waals surface area contributed by atoms with Gasteiger partial charge in [0.2, 0.25) is 5.91 Å². The molecule has 0 aromatic heterocycles. The first-order valence-corrected chi connectivity index (χ1v) is 10.2. The molecule has 0 saturated carbocycles. The van der Waals surface area contributed by atoms with Gasteiger partial charge in [0.25, 0.3) is 18.3 Å². The quantitative estimate of drug-likeness (QED) is 0.211. The molecule has 1 rings (SSSR count). The molecule has 0 bridgehead atoms. The molecule has 0 fully saturated rings. The molecule has 7 nitrogen and oxygen atoms in total. The number of hydrogen-bond acceptors (Lipinski definition) is 7. The highest BCUT2D eigenvalue weighted by atomic mass is 33.1. The maximum atomic E-state index is 11.6. The number of carbonyl (C=O) groups is 4. The molecule has 0 unspecified atom stereocenters. The second-order valence-corrected chi connectivity index (χ2v) is 7.64. The fraction of sp³-hybridized carbons (Fsp3) is 0.600. The maximum Gasteiger partial charge on any atom is 0.293 e. The number of carbonyl (C=O) groups excluding carboxylic acids is 4. The van der Waals surface area contributed by atoms with Crippen LogP contribution in [-0.4, -0.2) is 60.3 Å². The smallest absolute Gasteiger partial charge is 0.293 e. The molecule has 0 saturated heterocycles. The van der Waals surface area contributed by atoms with Gasteiger partial charge in [0.05, 0.1) is 0 Å². The summed E-state index contributed by atoms with van der Waals surface area (Å²) in [5.74, 6) is 1.02. The zero-order valence-corrected chi connectivity index (χ0v) is 15.0. The van der Waals surface area contributed by atoms with Crippen molar-refractivity contribution in [1.29, 1.82) is 0 Å². The first-order valence-electron chi connectivity index (χ1n) is 7.75. The Kier molecular flexibility index (Phi) is 11.0. The number of imide groups is 1. The zero-order chi connectivity index (χ0) is 17.6. The number of ether oxygens (including phenoxy) is 1. The van der Waals surface area contributed by atoms with Crippen LogP contribution >= 0.6 is 21.6 Å². The minimum atomic E-state index is -0.258. The molecule has 0 aromatic carbocycles. The van der Waals surface area contributed by atoms with Gasteiger partial charge in [-0.05, 0) is 12.8 Å². The van der Waals surface area contributed by atoms with Crippen molar-refractivity contribution in [3.63, 3.8) is 0 Å². The van der Waals surface area contributed by atoms with Crippen molar-refractivity contribution in [2.24, 2.45) is 0 Å². The lowest BCUT2D eigenvalue weighted by Crippen LogP contribution is -2.30. The molecule has 1 heterocycles. The molecule has 24 heavy (non-hydrogen) atoms. The van der Waals surface area contributed by atoms with Gasteiger partial charge in [0, 0.05) is 43.2 Å². The fourth-order valence-electron chi connectivity index (χ4n) is 1.95. The topological polar surface area (TPSA) is 92.8 Å². The first-order chi connectivity index (χ1) is 11.6. The van der Waals surface area contributed by atoms with Gasteiger partial charge in [0.1, 0.15) is 6.61 Å². The van der Waals surface area contributed by atoms with Gasteiger partial charge < -0.3 is 10.1 Å². The Morgan fingerprint density at radius 2 is 1.83 bits per heavy atom. The average molecular weight is 374 g/mol. The van der Waals surface area contributed by atoms with Gasteiger partial charge in [-0.3, -0.25) is 24.1 Å². The molecule has 1 aliphatic rings. The van der Waals surface area contributed by atoms with Gasteiger partial charge in [-0.15, -0.1) is 0 Å². The molecule has 3 amide bonds. The standard InChI is InChI=1S/C15H22N2O5S2/c18-12-22-9-11-24-23-10-7-16-13(19)4-2-1-3-8-17-14(20)5-6-15(17)21/h5-6,12H,1-4,7-11H2,(H,16,19). The van der Waals surface area contributed by atoms with Crippen LogP contribution in [0.3, 0.4) is 0 Å². The minimum absolute atomic E-state index is 0.0138. The van der Waals surface area contributed by atoms with Crippen LogP contribution in [0.1, 0.15) is 25.7 Å². The lowest BCUT2D eigenvalue weighted by Gasteiger charge is -2.13. The van der Waals surface area contributed by atoms with Crippen molar-refractivity contribution in [1.82, 2.24) is 10.2 Å². The van der Waals surface area contributed by atoms with Crippen LogP contribution in [0.2, 0.25) is 0 Å². The Balaban J connectivity index is 1.89. The van der Waals surface area contributed by atoms with E-state index in [-0.39, 0.29) is 17.7 Å². The molecule has 0 spiro atoms. The lowest BCUT2D eigenvalue weighted by molar-refractivity contribution is -0.137. The van der Waals surface area contributed by atoms with Gasteiger partial charge in [-0.2, -0.15) is 0 Å². The number of amides is 3. The van der Waals surface area contributed by atoms with Crippen LogP contribution in [0.15, 0.2) is 12.2 Å². The summed E-state index contributed by atoms with van der Waals surface area (Å²) in [5, 5.41) is 2.84. The Hall–Kier alpha value is -1.48. The number of nitrogens with one attached hydrogen (secondary N) is 1. The van der Waals surface area contributed by atoms with E-state index >= 15 is 0 Å². The summed E-state index contributed by atoms with van der Waals surface area (Å²) in [6.45, 7) is 1.85. The Morgan fingerprint density at radius 1 is 1.12 bits per heavy atom. The molecule has 0 aromatic rings. The van der Waals surface area contributed by atoms with Crippen LogP contribution in [0, 0.1) is 0 Å². The van der Waals surface area contributed by atoms with E-state index in [1.807, 2.05) is 0 Å². The summed E-state index contributed by atoms with van der Waals surface area (Å²) in [4.78, 5) is 45.4. The lowest BCUT2D eigenvalue weighted by atomic mass is 10.2. The van der Waals surface area contributed by atoms with E-state index in [9.17, 15) is 19.2 Å². The zero-order valence-electron chi connectivity index (χ0n) is 13.4. The third-order valence-corrected chi connectivity index (χ3v) is 5.50. The summed E-state index contributed by atoms with van der Waals surface area (Å²) in [5.41, 5.74) is 0. The van der Waals surface area contributed by atoms with Crippen molar-refractivity contribution in [2.75, 3.05) is 31.2 Å². The minimum Gasteiger partial charge on any atom is -0.467 e. The van der Waals surface area contributed by atoms with E-state index in [1.165, 1.54) is 17.1 Å². The predicted molar refractivity (Wildman–Crippen MR) is 94.3 cm³/mol. The largest absolute Gasteiger partial charge is 0.467 e. The van der Waals surface area contributed by atoms with E-state index in [4.69, 9.17) is 0 Å². The number of hydrogen-bond donors (Lipinski definition) is 1. The van der Waals surface area contributed by atoms with Crippen molar-refractivity contribution in [3.8, 4) is 0 Å². The van der Waals surface area contributed by atoms with Crippen LogP contribution in [-0.2, 0) is 23.9 Å².